The van der Waals surface area contributed by atoms with Crippen LogP contribution in [0.4, 0.5) is 5.82 Å². The molecular formula is C23H25N3O2S. The summed E-state index contributed by atoms with van der Waals surface area (Å²) in [6.07, 6.45) is 8.47. The van der Waals surface area contributed by atoms with Gasteiger partial charge in [0.2, 0.25) is 10.0 Å². The summed E-state index contributed by atoms with van der Waals surface area (Å²) in [5.41, 5.74) is 1.90. The van der Waals surface area contributed by atoms with Crippen LogP contribution in [0.25, 0.3) is 0 Å². The number of nitrogens with zero attached hydrogens (tertiary/aromatic N) is 3. The van der Waals surface area contributed by atoms with Crippen molar-refractivity contribution in [3.05, 3.63) is 65.9 Å². The third-order valence-corrected chi connectivity index (χ3v) is 7.24. The Morgan fingerprint density at radius 2 is 1.79 bits per heavy atom. The van der Waals surface area contributed by atoms with Crippen molar-refractivity contribution in [2.24, 2.45) is 0 Å². The number of rotatable bonds is 3. The van der Waals surface area contributed by atoms with Gasteiger partial charge in [0.05, 0.1) is 4.90 Å². The lowest BCUT2D eigenvalue weighted by Crippen LogP contribution is -2.48. The molecule has 1 fully saturated rings. The number of allylic oxidation sites excluding steroid dienone is 2. The van der Waals surface area contributed by atoms with Crippen LogP contribution in [-0.2, 0) is 10.0 Å². The lowest BCUT2D eigenvalue weighted by atomic mass is 10.00. The monoisotopic (exact) mass is 407 g/mol. The molecule has 1 saturated heterocycles. The maximum Gasteiger partial charge on any atom is 0.243 e. The minimum Gasteiger partial charge on any atom is -0.354 e. The molecule has 2 aliphatic rings. The number of anilines is 1. The van der Waals surface area contributed by atoms with Crippen LogP contribution in [0.15, 0.2) is 65.2 Å². The summed E-state index contributed by atoms with van der Waals surface area (Å²) in [5, 5.41) is 0. The van der Waals surface area contributed by atoms with Gasteiger partial charge in [0.15, 0.2) is 0 Å². The van der Waals surface area contributed by atoms with E-state index in [0.717, 1.165) is 29.8 Å². The van der Waals surface area contributed by atoms with Crippen LogP contribution in [-0.4, -0.2) is 43.9 Å². The minimum atomic E-state index is -3.53. The summed E-state index contributed by atoms with van der Waals surface area (Å²) >= 11 is 0. The van der Waals surface area contributed by atoms with Gasteiger partial charge in [-0.25, -0.2) is 13.4 Å². The maximum atomic E-state index is 13.1. The summed E-state index contributed by atoms with van der Waals surface area (Å²) in [6, 6.07) is 12.8. The van der Waals surface area contributed by atoms with Crippen molar-refractivity contribution >= 4 is 15.8 Å². The SMILES string of the molecule is O=S(=O)(c1cccc(C#CC2=CCCCC2)c1)N1CCN(c2ccccn2)CC1. The van der Waals surface area contributed by atoms with Gasteiger partial charge in [-0.1, -0.05) is 30.0 Å². The molecule has 2 aromatic rings. The van der Waals surface area contributed by atoms with E-state index in [0.29, 0.717) is 31.1 Å². The molecule has 0 atom stereocenters. The fraction of sp³-hybridized carbons (Fsp3) is 0.348. The highest BCUT2D eigenvalue weighted by Crippen LogP contribution is 2.21. The molecule has 0 N–H and O–H groups in total. The average molecular weight is 408 g/mol. The fourth-order valence-electron chi connectivity index (χ4n) is 3.69. The van der Waals surface area contributed by atoms with Gasteiger partial charge in [0, 0.05) is 37.9 Å². The molecule has 150 valence electrons. The van der Waals surface area contributed by atoms with Gasteiger partial charge in [-0.15, -0.1) is 0 Å². The van der Waals surface area contributed by atoms with Gasteiger partial charge in [-0.2, -0.15) is 4.31 Å². The standard InChI is InChI=1S/C23H25N3O2S/c27-29(28,26-17-15-25(16-18-26)23-11-4-5-14-24-23)22-10-6-9-21(19-22)13-12-20-7-2-1-3-8-20/h4-7,9-11,14,19H,1-3,8,15-18H2. The van der Waals surface area contributed by atoms with Crippen molar-refractivity contribution in [3.63, 3.8) is 0 Å². The van der Waals surface area contributed by atoms with E-state index in [9.17, 15) is 8.42 Å². The quantitative estimate of drug-likeness (QED) is 0.732. The molecular weight excluding hydrogens is 382 g/mol. The highest BCUT2D eigenvalue weighted by Gasteiger charge is 2.28. The summed E-state index contributed by atoms with van der Waals surface area (Å²) in [4.78, 5) is 6.79. The molecule has 6 heteroatoms. The van der Waals surface area contributed by atoms with E-state index < -0.39 is 10.0 Å². The van der Waals surface area contributed by atoms with Crippen molar-refractivity contribution < 1.29 is 8.42 Å². The number of sulfonamides is 1. The molecule has 29 heavy (non-hydrogen) atoms. The smallest absolute Gasteiger partial charge is 0.243 e. The zero-order valence-electron chi connectivity index (χ0n) is 16.4. The third-order valence-electron chi connectivity index (χ3n) is 5.34. The topological polar surface area (TPSA) is 53.5 Å². The predicted octanol–water partition coefficient (Wildman–Crippen LogP) is 3.44. The van der Waals surface area contributed by atoms with Crippen LogP contribution in [0.5, 0.6) is 0 Å². The van der Waals surface area contributed by atoms with E-state index in [2.05, 4.69) is 27.8 Å². The molecule has 5 nitrogen and oxygen atoms in total. The van der Waals surface area contributed by atoms with Gasteiger partial charge in [0.1, 0.15) is 5.82 Å². The predicted molar refractivity (Wildman–Crippen MR) is 115 cm³/mol. The first kappa shape index (κ1) is 19.7. The summed E-state index contributed by atoms with van der Waals surface area (Å²) in [7, 11) is -3.53. The van der Waals surface area contributed by atoms with Gasteiger partial charge >= 0.3 is 0 Å². The first-order chi connectivity index (χ1) is 14.1. The van der Waals surface area contributed by atoms with E-state index >= 15 is 0 Å². The second-order valence-corrected chi connectivity index (χ2v) is 9.27. The first-order valence-corrected chi connectivity index (χ1v) is 11.5. The van der Waals surface area contributed by atoms with Crippen LogP contribution >= 0.6 is 0 Å². The Bertz CT molecular complexity index is 1040. The van der Waals surface area contributed by atoms with Crippen LogP contribution in [0.1, 0.15) is 31.2 Å². The molecule has 1 aliphatic carbocycles. The van der Waals surface area contributed by atoms with E-state index in [1.165, 1.54) is 12.8 Å². The minimum absolute atomic E-state index is 0.313. The Morgan fingerprint density at radius 3 is 2.52 bits per heavy atom. The number of pyridine rings is 1. The zero-order chi connectivity index (χ0) is 20.1. The highest BCUT2D eigenvalue weighted by molar-refractivity contribution is 7.89. The normalized spacial score (nSPS) is 17.9. The number of hydrogen-bond acceptors (Lipinski definition) is 4. The molecule has 0 unspecified atom stereocenters. The molecule has 2 heterocycles. The van der Waals surface area contributed by atoms with Crippen molar-refractivity contribution in [3.8, 4) is 11.8 Å². The lowest BCUT2D eigenvalue weighted by molar-refractivity contribution is 0.384. The largest absolute Gasteiger partial charge is 0.354 e. The van der Waals surface area contributed by atoms with Crippen LogP contribution in [0, 0.1) is 11.8 Å². The van der Waals surface area contributed by atoms with E-state index in [1.807, 2.05) is 24.3 Å². The van der Waals surface area contributed by atoms with Gasteiger partial charge in [-0.05, 0) is 61.6 Å². The second kappa shape index (κ2) is 8.81. The first-order valence-electron chi connectivity index (χ1n) is 10.1. The Hall–Kier alpha value is -2.62. The van der Waals surface area contributed by atoms with Crippen molar-refractivity contribution in [2.75, 3.05) is 31.1 Å². The molecule has 0 amide bonds. The Labute approximate surface area is 173 Å². The maximum absolute atomic E-state index is 13.1. The summed E-state index contributed by atoms with van der Waals surface area (Å²) in [6.45, 7) is 2.15. The molecule has 1 aromatic heterocycles. The molecule has 4 rings (SSSR count). The number of piperazine rings is 1. The fourth-order valence-corrected chi connectivity index (χ4v) is 5.15. The number of benzene rings is 1. The summed E-state index contributed by atoms with van der Waals surface area (Å²) in [5.74, 6) is 7.24. The molecule has 0 radical (unpaired) electrons. The highest BCUT2D eigenvalue weighted by atomic mass is 32.2. The second-order valence-electron chi connectivity index (χ2n) is 7.33. The van der Waals surface area contributed by atoms with Gasteiger partial charge in [-0.3, -0.25) is 0 Å². The Kier molecular flexibility index (Phi) is 5.98. The molecule has 0 spiro atoms. The molecule has 0 bridgehead atoms. The van der Waals surface area contributed by atoms with Crippen molar-refractivity contribution in [1.29, 1.82) is 0 Å². The molecule has 0 saturated carbocycles. The van der Waals surface area contributed by atoms with Crippen LogP contribution in [0.2, 0.25) is 0 Å². The van der Waals surface area contributed by atoms with Gasteiger partial charge in [0.25, 0.3) is 0 Å². The number of hydrogen-bond donors (Lipinski definition) is 0. The van der Waals surface area contributed by atoms with Crippen LogP contribution < -0.4 is 4.90 Å². The van der Waals surface area contributed by atoms with E-state index in [-0.39, 0.29) is 0 Å². The third kappa shape index (κ3) is 4.69. The van der Waals surface area contributed by atoms with Gasteiger partial charge < -0.3 is 4.90 Å². The van der Waals surface area contributed by atoms with E-state index in [1.54, 1.807) is 28.7 Å². The van der Waals surface area contributed by atoms with E-state index in [4.69, 9.17) is 0 Å². The Balaban J connectivity index is 1.47. The summed E-state index contributed by atoms with van der Waals surface area (Å²) < 4.78 is 27.8. The van der Waals surface area contributed by atoms with Crippen molar-refractivity contribution in [2.45, 2.75) is 30.6 Å². The number of aromatic nitrogens is 1. The molecule has 1 aromatic carbocycles. The molecule has 1 aliphatic heterocycles. The van der Waals surface area contributed by atoms with Crippen molar-refractivity contribution in [1.82, 2.24) is 9.29 Å². The van der Waals surface area contributed by atoms with Crippen LogP contribution in [0.3, 0.4) is 0 Å². The zero-order valence-corrected chi connectivity index (χ0v) is 17.2. The average Bonchev–Trinajstić information content (AvgIpc) is 2.79. The lowest BCUT2D eigenvalue weighted by Gasteiger charge is -2.34. The Morgan fingerprint density at radius 1 is 0.931 bits per heavy atom.